The first-order chi connectivity index (χ1) is 12.1. The van der Waals surface area contributed by atoms with Crippen molar-refractivity contribution in [3.05, 3.63) is 17.3 Å². The average Bonchev–Trinajstić information content (AvgIpc) is 2.75. The number of rotatable bonds is 3. The number of carbonyl (C=O) groups excluding carboxylic acids is 1. The third kappa shape index (κ3) is 3.24. The summed E-state index contributed by atoms with van der Waals surface area (Å²) in [4.78, 5) is 19.1. The average molecular weight is 343 g/mol. The Kier molecular flexibility index (Phi) is 4.63. The van der Waals surface area contributed by atoms with Crippen LogP contribution in [0.4, 0.5) is 5.82 Å². The quantitative estimate of drug-likeness (QED) is 0.832. The molecule has 1 unspecified atom stereocenters. The second-order valence-corrected chi connectivity index (χ2v) is 7.88. The van der Waals surface area contributed by atoms with Gasteiger partial charge in [0.1, 0.15) is 0 Å². The van der Waals surface area contributed by atoms with Gasteiger partial charge in [-0.2, -0.15) is 5.10 Å². The van der Waals surface area contributed by atoms with Gasteiger partial charge in [0.25, 0.3) is 0 Å². The fourth-order valence-corrected chi connectivity index (χ4v) is 4.34. The summed E-state index contributed by atoms with van der Waals surface area (Å²) >= 11 is 0. The van der Waals surface area contributed by atoms with Gasteiger partial charge in [-0.3, -0.25) is 9.69 Å². The van der Waals surface area contributed by atoms with E-state index in [1.807, 2.05) is 11.9 Å². The summed E-state index contributed by atoms with van der Waals surface area (Å²) in [6.07, 6.45) is 7.95. The Hall–Kier alpha value is -1.69. The predicted octanol–water partition coefficient (Wildman–Crippen LogP) is 1.49. The molecule has 2 fully saturated rings. The molecule has 6 heteroatoms. The van der Waals surface area contributed by atoms with Gasteiger partial charge in [0.15, 0.2) is 5.82 Å². The molecule has 2 aliphatic heterocycles. The first kappa shape index (κ1) is 16.8. The van der Waals surface area contributed by atoms with Crippen molar-refractivity contribution < 1.29 is 4.79 Å². The van der Waals surface area contributed by atoms with Crippen LogP contribution in [0, 0.1) is 0 Å². The Bertz CT molecular complexity index is 643. The largest absolute Gasteiger partial charge is 0.352 e. The normalized spacial score (nSPS) is 24.9. The number of hydrogen-bond acceptors (Lipinski definition) is 5. The van der Waals surface area contributed by atoms with Crippen LogP contribution < -0.4 is 4.90 Å². The van der Waals surface area contributed by atoms with Gasteiger partial charge in [0.05, 0.1) is 11.7 Å². The highest BCUT2D eigenvalue weighted by Crippen LogP contribution is 2.27. The van der Waals surface area contributed by atoms with Crippen molar-refractivity contribution in [3.8, 4) is 0 Å². The van der Waals surface area contributed by atoms with Crippen LogP contribution in [0.5, 0.6) is 0 Å². The minimum Gasteiger partial charge on any atom is -0.352 e. The fourth-order valence-electron chi connectivity index (χ4n) is 4.34. The van der Waals surface area contributed by atoms with Crippen LogP contribution >= 0.6 is 0 Å². The number of amides is 1. The molecule has 3 aliphatic rings. The third-order valence-electron chi connectivity index (χ3n) is 6.19. The minimum absolute atomic E-state index is 0.0364. The molecule has 3 heterocycles. The summed E-state index contributed by atoms with van der Waals surface area (Å²) in [6, 6.07) is 2.70. The maximum absolute atomic E-state index is 12.6. The molecule has 0 aromatic carbocycles. The Morgan fingerprint density at radius 2 is 1.92 bits per heavy atom. The summed E-state index contributed by atoms with van der Waals surface area (Å²) < 4.78 is 0. The van der Waals surface area contributed by atoms with Gasteiger partial charge in [-0.1, -0.05) is 0 Å². The second-order valence-electron chi connectivity index (χ2n) is 7.88. The fraction of sp³-hybridized carbons (Fsp3) is 0.737. The van der Waals surface area contributed by atoms with Crippen molar-refractivity contribution in [2.75, 3.05) is 38.6 Å². The van der Waals surface area contributed by atoms with E-state index in [0.29, 0.717) is 6.04 Å². The Balaban J connectivity index is 1.39. The van der Waals surface area contributed by atoms with E-state index in [-0.39, 0.29) is 11.9 Å². The number of likely N-dealkylation sites (tertiary alicyclic amines) is 1. The molecule has 136 valence electrons. The number of aryl methyl sites for hydroxylation is 2. The maximum Gasteiger partial charge on any atom is 0.239 e. The van der Waals surface area contributed by atoms with Gasteiger partial charge in [0, 0.05) is 32.7 Å². The molecule has 6 nitrogen and oxygen atoms in total. The Labute approximate surface area is 150 Å². The van der Waals surface area contributed by atoms with Gasteiger partial charge >= 0.3 is 0 Å². The van der Waals surface area contributed by atoms with Crippen LogP contribution in [0.3, 0.4) is 0 Å². The smallest absolute Gasteiger partial charge is 0.239 e. The lowest BCUT2D eigenvalue weighted by atomic mass is 9.96. The van der Waals surface area contributed by atoms with Crippen molar-refractivity contribution in [3.63, 3.8) is 0 Å². The molecule has 1 aromatic heterocycles. The zero-order chi connectivity index (χ0) is 17.4. The molecule has 0 radical (unpaired) electrons. The van der Waals surface area contributed by atoms with Gasteiger partial charge in [-0.15, -0.1) is 5.10 Å². The van der Waals surface area contributed by atoms with E-state index in [2.05, 4.69) is 33.1 Å². The summed E-state index contributed by atoms with van der Waals surface area (Å²) in [5.41, 5.74) is 2.57. The molecular weight excluding hydrogens is 314 g/mol. The summed E-state index contributed by atoms with van der Waals surface area (Å²) in [7, 11) is 4.05. The summed E-state index contributed by atoms with van der Waals surface area (Å²) in [5, 5.41) is 8.89. The van der Waals surface area contributed by atoms with Crippen molar-refractivity contribution in [1.82, 2.24) is 20.0 Å². The SMILES string of the molecule is CN1CCCCC(N(C)C2CN(c3cc4c(nn3)CCCC4)C2)C1=O. The van der Waals surface area contributed by atoms with Crippen LogP contribution in [0.2, 0.25) is 0 Å². The molecule has 1 aromatic rings. The third-order valence-corrected chi connectivity index (χ3v) is 6.19. The lowest BCUT2D eigenvalue weighted by Crippen LogP contribution is -2.62. The van der Waals surface area contributed by atoms with Gasteiger partial charge < -0.3 is 9.80 Å². The molecule has 1 amide bonds. The van der Waals surface area contributed by atoms with Gasteiger partial charge in [-0.05, 0) is 63.6 Å². The predicted molar refractivity (Wildman–Crippen MR) is 97.7 cm³/mol. The first-order valence-corrected chi connectivity index (χ1v) is 9.71. The van der Waals surface area contributed by atoms with E-state index in [9.17, 15) is 4.79 Å². The molecule has 0 saturated carbocycles. The number of anilines is 1. The molecule has 25 heavy (non-hydrogen) atoms. The van der Waals surface area contributed by atoms with Crippen LogP contribution in [-0.4, -0.2) is 71.7 Å². The van der Waals surface area contributed by atoms with Crippen LogP contribution in [0.1, 0.15) is 43.4 Å². The summed E-state index contributed by atoms with van der Waals surface area (Å²) in [6.45, 7) is 2.78. The highest BCUT2D eigenvalue weighted by atomic mass is 16.2. The first-order valence-electron chi connectivity index (χ1n) is 9.71. The second kappa shape index (κ2) is 6.90. The molecule has 1 atom stereocenters. The summed E-state index contributed by atoms with van der Waals surface area (Å²) in [5.74, 6) is 1.29. The van der Waals surface area contributed by atoms with Gasteiger partial charge in [0.2, 0.25) is 5.91 Å². The van der Waals surface area contributed by atoms with E-state index in [1.165, 1.54) is 24.1 Å². The molecule has 0 bridgehead atoms. The molecule has 0 spiro atoms. The van der Waals surface area contributed by atoms with E-state index in [4.69, 9.17) is 0 Å². The Morgan fingerprint density at radius 3 is 2.76 bits per heavy atom. The van der Waals surface area contributed by atoms with E-state index in [1.54, 1.807) is 0 Å². The van der Waals surface area contributed by atoms with Crippen molar-refractivity contribution >= 4 is 11.7 Å². The standard InChI is InChI=1S/C19H29N5O/c1-22-10-6-5-9-17(19(22)25)23(2)15-12-24(13-15)18-11-14-7-3-4-8-16(14)20-21-18/h11,15,17H,3-10,12-13H2,1-2H3. The van der Waals surface area contributed by atoms with E-state index < -0.39 is 0 Å². The van der Waals surface area contributed by atoms with E-state index in [0.717, 1.165) is 57.6 Å². The van der Waals surface area contributed by atoms with Crippen molar-refractivity contribution in [2.45, 2.75) is 57.0 Å². The number of likely N-dealkylation sites (N-methyl/N-ethyl adjacent to an activating group) is 2. The molecular formula is C19H29N5O. The zero-order valence-corrected chi connectivity index (χ0v) is 15.4. The van der Waals surface area contributed by atoms with Gasteiger partial charge in [-0.25, -0.2) is 0 Å². The Morgan fingerprint density at radius 1 is 1.12 bits per heavy atom. The monoisotopic (exact) mass is 343 g/mol. The number of fused-ring (bicyclic) bond motifs is 1. The van der Waals surface area contributed by atoms with Crippen LogP contribution in [0.15, 0.2) is 6.07 Å². The molecule has 0 N–H and O–H groups in total. The van der Waals surface area contributed by atoms with Crippen LogP contribution in [0.25, 0.3) is 0 Å². The number of aromatic nitrogens is 2. The molecule has 4 rings (SSSR count). The highest BCUT2D eigenvalue weighted by Gasteiger charge is 2.38. The molecule has 1 aliphatic carbocycles. The number of carbonyl (C=O) groups is 1. The van der Waals surface area contributed by atoms with Crippen molar-refractivity contribution in [2.24, 2.45) is 0 Å². The van der Waals surface area contributed by atoms with Crippen molar-refractivity contribution in [1.29, 1.82) is 0 Å². The minimum atomic E-state index is 0.0364. The maximum atomic E-state index is 12.6. The molecule has 2 saturated heterocycles. The zero-order valence-electron chi connectivity index (χ0n) is 15.4. The van der Waals surface area contributed by atoms with E-state index >= 15 is 0 Å². The van der Waals surface area contributed by atoms with Crippen LogP contribution in [-0.2, 0) is 17.6 Å². The highest BCUT2D eigenvalue weighted by molar-refractivity contribution is 5.82. The number of hydrogen-bond donors (Lipinski definition) is 0. The lowest BCUT2D eigenvalue weighted by molar-refractivity contribution is -0.135. The topological polar surface area (TPSA) is 52.6 Å². The number of nitrogens with zero attached hydrogens (tertiary/aromatic N) is 5. The lowest BCUT2D eigenvalue weighted by Gasteiger charge is -2.47.